The van der Waals surface area contributed by atoms with Crippen LogP contribution in [0, 0.1) is 0 Å². The van der Waals surface area contributed by atoms with Crippen LogP contribution in [0.2, 0.25) is 10.0 Å². The quantitative estimate of drug-likeness (QED) is 0.855. The summed E-state index contributed by atoms with van der Waals surface area (Å²) in [5, 5.41) is 4.74. The first kappa shape index (κ1) is 13.4. The average Bonchev–Trinajstić information content (AvgIpc) is 2.73. The van der Waals surface area contributed by atoms with E-state index in [0.717, 1.165) is 35.9 Å². The lowest BCUT2D eigenvalue weighted by Crippen LogP contribution is -2.19. The van der Waals surface area contributed by atoms with Gasteiger partial charge in [0, 0.05) is 29.5 Å². The minimum Gasteiger partial charge on any atom is -0.337 e. The largest absolute Gasteiger partial charge is 0.337 e. The monoisotopic (exact) mass is 283 g/mol. The van der Waals surface area contributed by atoms with Crippen LogP contribution in [-0.2, 0) is 20.0 Å². The van der Waals surface area contributed by atoms with Gasteiger partial charge in [0.25, 0.3) is 0 Å². The van der Waals surface area contributed by atoms with E-state index in [1.165, 1.54) is 0 Å². The second kappa shape index (κ2) is 6.23. The van der Waals surface area contributed by atoms with Crippen molar-refractivity contribution in [3.63, 3.8) is 0 Å². The van der Waals surface area contributed by atoms with E-state index in [4.69, 9.17) is 23.2 Å². The molecule has 2 rings (SSSR count). The Hall–Kier alpha value is -1.03. The van der Waals surface area contributed by atoms with Crippen molar-refractivity contribution >= 4 is 23.2 Å². The van der Waals surface area contributed by atoms with Crippen LogP contribution in [0.4, 0.5) is 0 Å². The van der Waals surface area contributed by atoms with Gasteiger partial charge < -0.3 is 9.88 Å². The van der Waals surface area contributed by atoms with Crippen molar-refractivity contribution in [2.24, 2.45) is 7.05 Å². The van der Waals surface area contributed by atoms with Gasteiger partial charge in [-0.1, -0.05) is 29.3 Å². The lowest BCUT2D eigenvalue weighted by Gasteiger charge is -2.07. The van der Waals surface area contributed by atoms with E-state index < -0.39 is 0 Å². The summed E-state index contributed by atoms with van der Waals surface area (Å²) in [6, 6.07) is 5.60. The van der Waals surface area contributed by atoms with E-state index in [1.54, 1.807) is 12.3 Å². The minimum atomic E-state index is 0.671. The summed E-state index contributed by atoms with van der Waals surface area (Å²) in [4.78, 5) is 4.25. The maximum atomic E-state index is 6.10. The molecule has 0 saturated carbocycles. The molecule has 0 atom stereocenters. The molecule has 3 nitrogen and oxygen atoms in total. The third-order valence-corrected chi connectivity index (χ3v) is 3.38. The number of imidazole rings is 1. The number of hydrogen-bond donors (Lipinski definition) is 1. The number of benzene rings is 1. The van der Waals surface area contributed by atoms with Gasteiger partial charge >= 0.3 is 0 Å². The first-order valence-electron chi connectivity index (χ1n) is 5.77. The van der Waals surface area contributed by atoms with Crippen LogP contribution < -0.4 is 5.32 Å². The Morgan fingerprint density at radius 3 is 2.83 bits per heavy atom. The van der Waals surface area contributed by atoms with E-state index in [0.29, 0.717) is 5.02 Å². The maximum absolute atomic E-state index is 6.10. The second-order valence-corrected chi connectivity index (χ2v) is 4.96. The van der Waals surface area contributed by atoms with Crippen LogP contribution >= 0.6 is 23.2 Å². The van der Waals surface area contributed by atoms with Gasteiger partial charge in [-0.15, -0.1) is 0 Å². The average molecular weight is 284 g/mol. The van der Waals surface area contributed by atoms with Crippen molar-refractivity contribution in [1.29, 1.82) is 0 Å². The van der Waals surface area contributed by atoms with E-state index in [1.807, 2.05) is 29.9 Å². The van der Waals surface area contributed by atoms with Crippen LogP contribution in [0.3, 0.4) is 0 Å². The van der Waals surface area contributed by atoms with Gasteiger partial charge in [0.2, 0.25) is 0 Å². The lowest BCUT2D eigenvalue weighted by molar-refractivity contribution is 0.638. The zero-order valence-electron chi connectivity index (χ0n) is 10.2. The van der Waals surface area contributed by atoms with Crippen LogP contribution in [0.15, 0.2) is 30.6 Å². The van der Waals surface area contributed by atoms with Gasteiger partial charge in [0.1, 0.15) is 5.82 Å². The van der Waals surface area contributed by atoms with Gasteiger partial charge in [-0.3, -0.25) is 0 Å². The first-order chi connectivity index (χ1) is 8.66. The number of nitrogens with zero attached hydrogens (tertiary/aromatic N) is 2. The molecule has 0 fully saturated rings. The number of nitrogens with one attached hydrogen (secondary N) is 1. The molecule has 0 aliphatic carbocycles. The van der Waals surface area contributed by atoms with Gasteiger partial charge in [0.15, 0.2) is 0 Å². The minimum absolute atomic E-state index is 0.671. The third-order valence-electron chi connectivity index (χ3n) is 2.79. The molecule has 0 bridgehead atoms. The van der Waals surface area contributed by atoms with Crippen molar-refractivity contribution in [3.05, 3.63) is 52.0 Å². The molecule has 0 spiro atoms. The molecule has 2 aromatic rings. The van der Waals surface area contributed by atoms with Crippen molar-refractivity contribution in [3.8, 4) is 0 Å². The summed E-state index contributed by atoms with van der Waals surface area (Å²) >= 11 is 12.0. The van der Waals surface area contributed by atoms with Crippen molar-refractivity contribution in [2.45, 2.75) is 13.0 Å². The number of hydrogen-bond acceptors (Lipinski definition) is 2. The highest BCUT2D eigenvalue weighted by atomic mass is 35.5. The number of aromatic nitrogens is 2. The highest BCUT2D eigenvalue weighted by molar-refractivity contribution is 6.35. The fourth-order valence-corrected chi connectivity index (χ4v) is 2.22. The molecular formula is C13H15Cl2N3. The Balaban J connectivity index is 1.80. The number of rotatable bonds is 5. The lowest BCUT2D eigenvalue weighted by atomic mass is 10.1. The number of halogens is 2. The Kier molecular flexibility index (Phi) is 4.64. The molecule has 0 unspecified atom stereocenters. The number of aryl methyl sites for hydroxylation is 1. The molecule has 18 heavy (non-hydrogen) atoms. The molecule has 0 saturated heterocycles. The Morgan fingerprint density at radius 1 is 1.33 bits per heavy atom. The molecule has 1 N–H and O–H groups in total. The highest BCUT2D eigenvalue weighted by Crippen LogP contribution is 2.20. The van der Waals surface area contributed by atoms with E-state index in [9.17, 15) is 0 Å². The summed E-state index contributed by atoms with van der Waals surface area (Å²) < 4.78 is 2.00. The molecule has 1 aromatic heterocycles. The molecule has 0 aliphatic heterocycles. The highest BCUT2D eigenvalue weighted by Gasteiger charge is 2.02. The van der Waals surface area contributed by atoms with Gasteiger partial charge in [-0.2, -0.15) is 0 Å². The van der Waals surface area contributed by atoms with Crippen LogP contribution in [-0.4, -0.2) is 16.1 Å². The maximum Gasteiger partial charge on any atom is 0.122 e. The molecule has 1 aromatic carbocycles. The Labute approximate surface area is 117 Å². The molecule has 1 heterocycles. The predicted molar refractivity (Wildman–Crippen MR) is 75.1 cm³/mol. The van der Waals surface area contributed by atoms with Gasteiger partial charge in [-0.25, -0.2) is 4.98 Å². The first-order valence-corrected chi connectivity index (χ1v) is 6.53. The summed E-state index contributed by atoms with van der Waals surface area (Å²) in [5.74, 6) is 1.03. The van der Waals surface area contributed by atoms with E-state index in [2.05, 4.69) is 10.3 Å². The van der Waals surface area contributed by atoms with Crippen LogP contribution in [0.25, 0.3) is 0 Å². The molecule has 5 heteroatoms. The fourth-order valence-electron chi connectivity index (χ4n) is 1.71. The molecule has 0 radical (unpaired) electrons. The Bertz CT molecular complexity index is 523. The standard InChI is InChI=1S/C13H15Cl2N3/c1-18-7-6-17-13(18)9-16-5-4-10-2-3-11(14)8-12(10)15/h2-3,6-8,16H,4-5,9H2,1H3. The van der Waals surface area contributed by atoms with Crippen molar-refractivity contribution in [1.82, 2.24) is 14.9 Å². The van der Waals surface area contributed by atoms with Gasteiger partial charge in [-0.05, 0) is 30.7 Å². The summed E-state index contributed by atoms with van der Waals surface area (Å²) in [7, 11) is 1.99. The van der Waals surface area contributed by atoms with E-state index >= 15 is 0 Å². The summed E-state index contributed by atoms with van der Waals surface area (Å²) in [5.41, 5.74) is 1.11. The summed E-state index contributed by atoms with van der Waals surface area (Å²) in [6.07, 6.45) is 4.61. The predicted octanol–water partition coefficient (Wildman–Crippen LogP) is 3.06. The molecule has 0 aliphatic rings. The second-order valence-electron chi connectivity index (χ2n) is 4.12. The fraction of sp³-hybridized carbons (Fsp3) is 0.308. The SMILES string of the molecule is Cn1ccnc1CNCCc1ccc(Cl)cc1Cl. The van der Waals surface area contributed by atoms with E-state index in [-0.39, 0.29) is 0 Å². The molecule has 0 amide bonds. The third kappa shape index (κ3) is 3.48. The normalized spacial score (nSPS) is 10.8. The van der Waals surface area contributed by atoms with Crippen LogP contribution in [0.1, 0.15) is 11.4 Å². The van der Waals surface area contributed by atoms with Gasteiger partial charge in [0.05, 0.1) is 6.54 Å². The van der Waals surface area contributed by atoms with Crippen LogP contribution in [0.5, 0.6) is 0 Å². The zero-order chi connectivity index (χ0) is 13.0. The zero-order valence-corrected chi connectivity index (χ0v) is 11.7. The molecular weight excluding hydrogens is 269 g/mol. The topological polar surface area (TPSA) is 29.9 Å². The smallest absolute Gasteiger partial charge is 0.122 e. The Morgan fingerprint density at radius 2 is 2.17 bits per heavy atom. The van der Waals surface area contributed by atoms with Crippen molar-refractivity contribution in [2.75, 3.05) is 6.54 Å². The van der Waals surface area contributed by atoms with Crippen molar-refractivity contribution < 1.29 is 0 Å². The molecule has 96 valence electrons. The summed E-state index contributed by atoms with van der Waals surface area (Å²) in [6.45, 7) is 1.61.